The number of nitrogens with zero attached hydrogens (tertiary/aromatic N) is 3. The maximum absolute atomic E-state index is 2.98. The summed E-state index contributed by atoms with van der Waals surface area (Å²) in [5.74, 6) is 0. The highest BCUT2D eigenvalue weighted by molar-refractivity contribution is 7.00. The van der Waals surface area contributed by atoms with Gasteiger partial charge in [0.15, 0.2) is 0 Å². The van der Waals surface area contributed by atoms with Gasteiger partial charge >= 0.3 is 0 Å². The van der Waals surface area contributed by atoms with Crippen LogP contribution in [-0.4, -0.2) is 17.8 Å². The Morgan fingerprint density at radius 1 is 0.485 bits per heavy atom. The van der Waals surface area contributed by atoms with Gasteiger partial charge in [0.2, 0.25) is 0 Å². The van der Waals surface area contributed by atoms with Crippen LogP contribution in [0.2, 0.25) is 0 Å². The van der Waals surface area contributed by atoms with E-state index in [0.29, 0.717) is 0 Å². The van der Waals surface area contributed by atoms with Crippen LogP contribution in [0.15, 0.2) is 97.1 Å². The normalized spacial score (nSPS) is 25.4. The lowest BCUT2D eigenvalue weighted by Crippen LogP contribution is -2.65. The zero-order valence-electron chi connectivity index (χ0n) is 43.8. The topological polar surface area (TPSA) is 9.72 Å². The zero-order chi connectivity index (χ0) is 47.8. The molecule has 3 nitrogen and oxygen atoms in total. The van der Waals surface area contributed by atoms with E-state index in [4.69, 9.17) is 0 Å². The standard InChI is InChI=1S/C64H74BN3/c1-39-32-40(2)54-51(33-39)67(63(13)30-20-18-28-61(54,63)11)46-37-52-57-53(38-46)68-58-55(62(12)29-19-21-31-64(62,68)14)41(3)34-42(4)56(58)65(57)48-26-24-45(60(8,9)10)36-50(48)66(52)49-27-25-44(59(5,6)7)35-47(49)43-22-16-15-17-23-43/h15-17,22-27,32-38H,18-21,28-31H2,1-14H3. The number of fused-ring (bicyclic) bond motifs is 10. The summed E-state index contributed by atoms with van der Waals surface area (Å²) in [6, 6.07) is 39.2. The third-order valence-electron chi connectivity index (χ3n) is 19.4. The number of hydrogen-bond donors (Lipinski definition) is 0. The van der Waals surface area contributed by atoms with Crippen LogP contribution < -0.4 is 31.1 Å². The lowest BCUT2D eigenvalue weighted by Gasteiger charge is -2.54. The van der Waals surface area contributed by atoms with E-state index in [1.807, 2.05) is 0 Å². The van der Waals surface area contributed by atoms with Gasteiger partial charge in [0.05, 0.1) is 16.8 Å². The van der Waals surface area contributed by atoms with Crippen molar-refractivity contribution in [1.82, 2.24) is 0 Å². The second kappa shape index (κ2) is 14.2. The Kier molecular flexibility index (Phi) is 9.19. The van der Waals surface area contributed by atoms with Gasteiger partial charge in [0.25, 0.3) is 6.71 Å². The molecule has 12 rings (SSSR count). The highest BCUT2D eigenvalue weighted by Gasteiger charge is 2.63. The molecule has 0 aromatic heterocycles. The Labute approximate surface area is 409 Å². The molecular weight excluding hydrogens is 822 g/mol. The van der Waals surface area contributed by atoms with Gasteiger partial charge in [0, 0.05) is 50.5 Å². The Hall–Kier alpha value is -5.22. The summed E-state index contributed by atoms with van der Waals surface area (Å²) in [5, 5.41) is 0. The largest absolute Gasteiger partial charge is 0.335 e. The first kappa shape index (κ1) is 44.0. The van der Waals surface area contributed by atoms with Crippen molar-refractivity contribution in [2.24, 2.45) is 0 Å². The molecule has 4 atom stereocenters. The predicted octanol–water partition coefficient (Wildman–Crippen LogP) is 15.3. The molecule has 4 unspecified atom stereocenters. The fourth-order valence-electron chi connectivity index (χ4n) is 15.7. The van der Waals surface area contributed by atoms with Crippen molar-refractivity contribution in [3.8, 4) is 11.1 Å². The molecule has 6 aliphatic rings. The summed E-state index contributed by atoms with van der Waals surface area (Å²) >= 11 is 0. The minimum Gasteiger partial charge on any atom is -0.335 e. The van der Waals surface area contributed by atoms with Crippen LogP contribution in [0.4, 0.5) is 39.8 Å². The van der Waals surface area contributed by atoms with E-state index >= 15 is 0 Å². The number of hydrogen-bond acceptors (Lipinski definition) is 3. The zero-order valence-corrected chi connectivity index (χ0v) is 43.8. The summed E-state index contributed by atoms with van der Waals surface area (Å²) in [5.41, 5.74) is 28.0. The van der Waals surface area contributed by atoms with E-state index in [9.17, 15) is 0 Å². The molecule has 0 spiro atoms. The van der Waals surface area contributed by atoms with Gasteiger partial charge in [-0.3, -0.25) is 0 Å². The first-order valence-electron chi connectivity index (χ1n) is 26.3. The van der Waals surface area contributed by atoms with E-state index in [2.05, 4.69) is 209 Å². The quantitative estimate of drug-likeness (QED) is 0.164. The van der Waals surface area contributed by atoms with Gasteiger partial charge in [-0.2, -0.15) is 0 Å². The summed E-state index contributed by atoms with van der Waals surface area (Å²) < 4.78 is 0. The average Bonchev–Trinajstić information content (AvgIpc) is 3.63. The molecule has 2 saturated carbocycles. The van der Waals surface area contributed by atoms with Crippen LogP contribution in [0.25, 0.3) is 11.1 Å². The van der Waals surface area contributed by atoms with Gasteiger partial charge in [-0.25, -0.2) is 0 Å². The molecule has 0 N–H and O–H groups in total. The van der Waals surface area contributed by atoms with Crippen molar-refractivity contribution in [1.29, 1.82) is 0 Å². The summed E-state index contributed by atoms with van der Waals surface area (Å²) in [6.07, 6.45) is 9.85. The van der Waals surface area contributed by atoms with Gasteiger partial charge in [0.1, 0.15) is 0 Å². The second-order valence-corrected chi connectivity index (χ2v) is 25.5. The molecule has 0 bridgehead atoms. The number of aryl methyl sites for hydroxylation is 4. The Balaban J connectivity index is 1.26. The van der Waals surface area contributed by atoms with Crippen LogP contribution in [0.1, 0.15) is 165 Å². The number of rotatable bonds is 3. The van der Waals surface area contributed by atoms with Crippen molar-refractivity contribution in [3.63, 3.8) is 0 Å². The van der Waals surface area contributed by atoms with Crippen molar-refractivity contribution < 1.29 is 0 Å². The highest BCUT2D eigenvalue weighted by Crippen LogP contribution is 2.66. The van der Waals surface area contributed by atoms with Gasteiger partial charge in [-0.1, -0.05) is 147 Å². The Morgan fingerprint density at radius 3 is 1.75 bits per heavy atom. The summed E-state index contributed by atoms with van der Waals surface area (Å²) in [4.78, 5) is 8.63. The third-order valence-corrected chi connectivity index (χ3v) is 19.4. The first-order chi connectivity index (χ1) is 32.1. The lowest BCUT2D eigenvalue weighted by atomic mass is 9.32. The molecule has 68 heavy (non-hydrogen) atoms. The molecule has 348 valence electrons. The van der Waals surface area contributed by atoms with Crippen molar-refractivity contribution in [3.05, 3.63) is 142 Å². The molecule has 0 amide bonds. The fourth-order valence-corrected chi connectivity index (χ4v) is 15.7. The summed E-state index contributed by atoms with van der Waals surface area (Å²) in [6.45, 7) is 34.4. The van der Waals surface area contributed by atoms with E-state index in [1.165, 1.54) is 152 Å². The van der Waals surface area contributed by atoms with Crippen LogP contribution >= 0.6 is 0 Å². The molecule has 2 aliphatic carbocycles. The van der Waals surface area contributed by atoms with E-state index in [0.717, 1.165) is 0 Å². The maximum Gasteiger partial charge on any atom is 0.252 e. The van der Waals surface area contributed by atoms with Crippen LogP contribution in [0, 0.1) is 27.7 Å². The van der Waals surface area contributed by atoms with Crippen molar-refractivity contribution >= 4 is 62.9 Å². The predicted molar refractivity (Wildman–Crippen MR) is 293 cm³/mol. The minimum atomic E-state index is -0.0912. The van der Waals surface area contributed by atoms with E-state index in [-0.39, 0.29) is 39.5 Å². The molecule has 0 saturated heterocycles. The number of benzene rings is 6. The van der Waals surface area contributed by atoms with Gasteiger partial charge in [-0.15, -0.1) is 0 Å². The van der Waals surface area contributed by atoms with Crippen molar-refractivity contribution in [2.45, 2.75) is 181 Å². The molecule has 2 fully saturated rings. The van der Waals surface area contributed by atoms with Crippen molar-refractivity contribution in [2.75, 3.05) is 14.7 Å². The third kappa shape index (κ3) is 5.61. The first-order valence-corrected chi connectivity index (χ1v) is 26.3. The Bertz CT molecular complexity index is 3130. The van der Waals surface area contributed by atoms with Crippen LogP contribution in [0.5, 0.6) is 0 Å². The minimum absolute atomic E-state index is 0.0120. The number of anilines is 7. The lowest BCUT2D eigenvalue weighted by molar-refractivity contribution is 0.193. The van der Waals surface area contributed by atoms with Crippen LogP contribution in [-0.2, 0) is 21.7 Å². The van der Waals surface area contributed by atoms with E-state index < -0.39 is 0 Å². The van der Waals surface area contributed by atoms with Gasteiger partial charge < -0.3 is 14.7 Å². The van der Waals surface area contributed by atoms with E-state index in [1.54, 1.807) is 11.1 Å². The molecule has 4 heteroatoms. The maximum atomic E-state index is 2.98. The molecule has 0 radical (unpaired) electrons. The summed E-state index contributed by atoms with van der Waals surface area (Å²) in [7, 11) is 0. The fraction of sp³-hybridized carbons (Fsp3) is 0.438. The smallest absolute Gasteiger partial charge is 0.252 e. The second-order valence-electron chi connectivity index (χ2n) is 25.5. The molecule has 4 heterocycles. The average molecular weight is 896 g/mol. The molecule has 4 aliphatic heterocycles. The highest BCUT2D eigenvalue weighted by atomic mass is 15.3. The van der Waals surface area contributed by atoms with Crippen LogP contribution in [0.3, 0.4) is 0 Å². The monoisotopic (exact) mass is 896 g/mol. The molecular formula is C64H74BN3. The molecule has 6 aromatic carbocycles. The molecule has 6 aromatic rings. The SMILES string of the molecule is Cc1cc(C)c2c(c1)N(c1cc3c4c(c1)N1c5c(c(C)cc(C)c5C5(C)CCCCC15C)B4c1ccc(C(C)(C)C)cc1N3c1ccc(C(C)(C)C)cc1-c1ccccc1)C1(C)CCCCC21C. The van der Waals surface area contributed by atoms with Gasteiger partial charge in [-0.05, 0) is 175 Å². The Morgan fingerprint density at radius 2 is 1.07 bits per heavy atom.